The molecule has 0 saturated carbocycles. The van der Waals surface area contributed by atoms with Gasteiger partial charge in [0.2, 0.25) is 0 Å². The molecule has 4 heteroatoms. The lowest BCUT2D eigenvalue weighted by atomic mass is 9.91. The number of para-hydroxylation sites is 1. The lowest BCUT2D eigenvalue weighted by molar-refractivity contribution is 0.321. The van der Waals surface area contributed by atoms with Crippen molar-refractivity contribution in [1.29, 1.82) is 5.26 Å². The standard InChI is InChI=1S/C17H20N2OS/c1-17(2,3)16-14(9-11-18)21-15(19-16)10-12-20-13-7-5-4-6-8-13/h4-8H,9-10,12H2,1-3H3. The third-order valence-corrected chi connectivity index (χ3v) is 4.13. The normalized spacial score (nSPS) is 11.1. The molecule has 2 rings (SSSR count). The van der Waals surface area contributed by atoms with Gasteiger partial charge in [0.05, 0.1) is 29.8 Å². The highest BCUT2D eigenvalue weighted by molar-refractivity contribution is 7.11. The van der Waals surface area contributed by atoms with E-state index in [4.69, 9.17) is 15.0 Å². The van der Waals surface area contributed by atoms with Crippen LogP contribution in [0.2, 0.25) is 0 Å². The molecule has 0 aliphatic rings. The Morgan fingerprint density at radius 2 is 1.95 bits per heavy atom. The van der Waals surface area contributed by atoms with Crippen LogP contribution in [-0.2, 0) is 18.3 Å². The molecule has 0 aliphatic heterocycles. The molecule has 0 bridgehead atoms. The summed E-state index contributed by atoms with van der Waals surface area (Å²) in [7, 11) is 0. The molecule has 1 aromatic carbocycles. The van der Waals surface area contributed by atoms with Crippen molar-refractivity contribution in [3.05, 3.63) is 45.9 Å². The largest absolute Gasteiger partial charge is 0.493 e. The van der Waals surface area contributed by atoms with Gasteiger partial charge in [-0.15, -0.1) is 11.3 Å². The van der Waals surface area contributed by atoms with Gasteiger partial charge in [-0.2, -0.15) is 5.26 Å². The van der Waals surface area contributed by atoms with E-state index in [0.717, 1.165) is 27.7 Å². The SMILES string of the molecule is CC(C)(C)c1nc(CCOc2ccccc2)sc1CC#N. The minimum absolute atomic E-state index is 0.0266. The number of hydrogen-bond donors (Lipinski definition) is 0. The highest BCUT2D eigenvalue weighted by Gasteiger charge is 2.22. The molecule has 0 fully saturated rings. The maximum Gasteiger partial charge on any atom is 0.119 e. The van der Waals surface area contributed by atoms with Crippen molar-refractivity contribution in [2.45, 2.75) is 39.0 Å². The van der Waals surface area contributed by atoms with Crippen LogP contribution in [0.1, 0.15) is 36.3 Å². The molecule has 0 N–H and O–H groups in total. The molecule has 0 aliphatic carbocycles. The van der Waals surface area contributed by atoms with Crippen molar-refractivity contribution in [2.75, 3.05) is 6.61 Å². The molecule has 110 valence electrons. The predicted octanol–water partition coefficient (Wildman–Crippen LogP) is 4.13. The van der Waals surface area contributed by atoms with E-state index < -0.39 is 0 Å². The average molecular weight is 300 g/mol. The van der Waals surface area contributed by atoms with Crippen LogP contribution in [0.15, 0.2) is 30.3 Å². The van der Waals surface area contributed by atoms with E-state index in [0.29, 0.717) is 13.0 Å². The second-order valence-corrected chi connectivity index (χ2v) is 7.04. The van der Waals surface area contributed by atoms with Gasteiger partial charge in [-0.1, -0.05) is 39.0 Å². The summed E-state index contributed by atoms with van der Waals surface area (Å²) in [6.45, 7) is 7.00. The molecule has 1 aromatic heterocycles. The van der Waals surface area contributed by atoms with Gasteiger partial charge in [-0.05, 0) is 12.1 Å². The van der Waals surface area contributed by atoms with Crippen LogP contribution in [0.4, 0.5) is 0 Å². The van der Waals surface area contributed by atoms with Gasteiger partial charge in [0.25, 0.3) is 0 Å². The van der Waals surface area contributed by atoms with Gasteiger partial charge in [-0.3, -0.25) is 0 Å². The molecule has 0 radical (unpaired) electrons. The number of aromatic nitrogens is 1. The Kier molecular flexibility index (Phi) is 4.98. The van der Waals surface area contributed by atoms with Crippen molar-refractivity contribution in [2.24, 2.45) is 0 Å². The van der Waals surface area contributed by atoms with Gasteiger partial charge in [0.15, 0.2) is 0 Å². The lowest BCUT2D eigenvalue weighted by Crippen LogP contribution is -2.14. The maximum absolute atomic E-state index is 8.95. The van der Waals surface area contributed by atoms with Crippen molar-refractivity contribution in [3.8, 4) is 11.8 Å². The summed E-state index contributed by atoms with van der Waals surface area (Å²) in [4.78, 5) is 5.80. The summed E-state index contributed by atoms with van der Waals surface area (Å²) in [5.74, 6) is 0.877. The van der Waals surface area contributed by atoms with E-state index in [1.165, 1.54) is 0 Å². The van der Waals surface area contributed by atoms with Crippen LogP contribution in [-0.4, -0.2) is 11.6 Å². The summed E-state index contributed by atoms with van der Waals surface area (Å²) in [6.07, 6.45) is 1.21. The molecule has 2 aromatic rings. The van der Waals surface area contributed by atoms with Gasteiger partial charge >= 0.3 is 0 Å². The topological polar surface area (TPSA) is 45.9 Å². The molecule has 21 heavy (non-hydrogen) atoms. The Morgan fingerprint density at radius 3 is 2.57 bits per heavy atom. The van der Waals surface area contributed by atoms with E-state index in [1.807, 2.05) is 30.3 Å². The summed E-state index contributed by atoms with van der Waals surface area (Å²) in [6, 6.07) is 12.0. The number of nitriles is 1. The minimum Gasteiger partial charge on any atom is -0.493 e. The van der Waals surface area contributed by atoms with Gasteiger partial charge in [0, 0.05) is 16.7 Å². The Morgan fingerprint density at radius 1 is 1.24 bits per heavy atom. The van der Waals surface area contributed by atoms with Gasteiger partial charge in [0.1, 0.15) is 5.75 Å². The summed E-state index contributed by atoms with van der Waals surface area (Å²) >= 11 is 1.63. The van der Waals surface area contributed by atoms with E-state index in [-0.39, 0.29) is 5.41 Å². The highest BCUT2D eigenvalue weighted by Crippen LogP contribution is 2.30. The van der Waals surface area contributed by atoms with Crippen molar-refractivity contribution >= 4 is 11.3 Å². The minimum atomic E-state index is -0.0266. The van der Waals surface area contributed by atoms with E-state index in [9.17, 15) is 0 Å². The smallest absolute Gasteiger partial charge is 0.119 e. The molecule has 0 atom stereocenters. The summed E-state index contributed by atoms with van der Waals surface area (Å²) < 4.78 is 5.71. The van der Waals surface area contributed by atoms with E-state index in [2.05, 4.69) is 26.8 Å². The predicted molar refractivity (Wildman–Crippen MR) is 85.8 cm³/mol. The van der Waals surface area contributed by atoms with Gasteiger partial charge in [-0.25, -0.2) is 4.98 Å². The summed E-state index contributed by atoms with van der Waals surface area (Å²) in [5, 5.41) is 9.99. The van der Waals surface area contributed by atoms with Crippen molar-refractivity contribution in [3.63, 3.8) is 0 Å². The number of thiazole rings is 1. The Labute approximate surface area is 130 Å². The average Bonchev–Trinajstić information content (AvgIpc) is 2.84. The molecule has 0 unspecified atom stereocenters. The van der Waals surface area contributed by atoms with Crippen LogP contribution in [0, 0.1) is 11.3 Å². The zero-order valence-corrected chi connectivity index (χ0v) is 13.5. The van der Waals surface area contributed by atoms with Crippen LogP contribution in [0.5, 0.6) is 5.75 Å². The molecular weight excluding hydrogens is 280 g/mol. The van der Waals surface area contributed by atoms with Crippen LogP contribution in [0.25, 0.3) is 0 Å². The number of hydrogen-bond acceptors (Lipinski definition) is 4. The van der Waals surface area contributed by atoms with Crippen LogP contribution < -0.4 is 4.74 Å². The number of ether oxygens (including phenoxy) is 1. The Bertz CT molecular complexity index is 620. The highest BCUT2D eigenvalue weighted by atomic mass is 32.1. The van der Waals surface area contributed by atoms with Crippen LogP contribution in [0.3, 0.4) is 0 Å². The second kappa shape index (κ2) is 6.73. The van der Waals surface area contributed by atoms with Gasteiger partial charge < -0.3 is 4.74 Å². The Hall–Kier alpha value is -1.86. The number of nitrogens with zero attached hydrogens (tertiary/aromatic N) is 2. The zero-order valence-electron chi connectivity index (χ0n) is 12.7. The van der Waals surface area contributed by atoms with Crippen molar-refractivity contribution < 1.29 is 4.74 Å². The first-order valence-electron chi connectivity index (χ1n) is 7.04. The first-order valence-corrected chi connectivity index (χ1v) is 7.86. The molecule has 0 spiro atoms. The Balaban J connectivity index is 2.02. The lowest BCUT2D eigenvalue weighted by Gasteiger charge is -2.16. The molecule has 0 amide bonds. The monoisotopic (exact) mass is 300 g/mol. The fourth-order valence-corrected chi connectivity index (χ4v) is 3.25. The number of benzene rings is 1. The third kappa shape index (κ3) is 4.30. The quantitative estimate of drug-likeness (QED) is 0.834. The van der Waals surface area contributed by atoms with E-state index in [1.54, 1.807) is 11.3 Å². The molecule has 1 heterocycles. The maximum atomic E-state index is 8.95. The molecular formula is C17H20N2OS. The van der Waals surface area contributed by atoms with E-state index >= 15 is 0 Å². The second-order valence-electron chi connectivity index (χ2n) is 5.88. The number of rotatable bonds is 5. The molecule has 0 saturated heterocycles. The van der Waals surface area contributed by atoms with Crippen molar-refractivity contribution in [1.82, 2.24) is 4.98 Å². The van der Waals surface area contributed by atoms with Crippen LogP contribution >= 0.6 is 11.3 Å². The fraction of sp³-hybridized carbons (Fsp3) is 0.412. The first kappa shape index (κ1) is 15.5. The fourth-order valence-electron chi connectivity index (χ4n) is 2.06. The molecule has 3 nitrogen and oxygen atoms in total. The third-order valence-electron chi connectivity index (χ3n) is 3.02. The summed E-state index contributed by atoms with van der Waals surface area (Å²) in [5.41, 5.74) is 1.02. The zero-order chi connectivity index (χ0) is 15.3. The first-order chi connectivity index (χ1) is 10.0.